The van der Waals surface area contributed by atoms with Gasteiger partial charge in [0, 0.05) is 24.4 Å². The molecular weight excluding hydrogens is 520 g/mol. The Hall–Kier alpha value is -2.06. The van der Waals surface area contributed by atoms with Crippen LogP contribution in [0.3, 0.4) is 0 Å². The molecule has 1 aromatic carbocycles. The molecule has 0 radical (unpaired) electrons. The zero-order valence-electron chi connectivity index (χ0n) is 22.7. The Labute approximate surface area is 227 Å². The lowest BCUT2D eigenvalue weighted by Crippen LogP contribution is -2.31. The van der Waals surface area contributed by atoms with Crippen molar-refractivity contribution in [2.24, 2.45) is 23.7 Å². The van der Waals surface area contributed by atoms with Crippen LogP contribution < -0.4 is 5.32 Å². The minimum atomic E-state index is -4.99. The van der Waals surface area contributed by atoms with Crippen molar-refractivity contribution in [1.29, 1.82) is 0 Å². The fraction of sp³-hybridized carbons (Fsp3) is 0.733. The number of carbonyl (C=O) groups is 2. The van der Waals surface area contributed by atoms with Crippen LogP contribution in [0.2, 0.25) is 0 Å². The number of halogens is 6. The van der Waals surface area contributed by atoms with Crippen LogP contribution in [0.15, 0.2) is 18.2 Å². The van der Waals surface area contributed by atoms with Crippen molar-refractivity contribution in [2.75, 3.05) is 6.54 Å². The van der Waals surface area contributed by atoms with E-state index in [-0.39, 0.29) is 24.4 Å². The van der Waals surface area contributed by atoms with Crippen molar-refractivity contribution in [1.82, 2.24) is 5.32 Å². The smallest absolute Gasteiger partial charge is 0.352 e. The number of amides is 1. The van der Waals surface area contributed by atoms with Crippen LogP contribution in [0.4, 0.5) is 26.3 Å². The van der Waals surface area contributed by atoms with Crippen LogP contribution in [0.25, 0.3) is 0 Å². The number of benzene rings is 1. The first-order valence-corrected chi connectivity index (χ1v) is 14.4. The molecule has 0 atom stereocenters. The van der Waals surface area contributed by atoms with Crippen LogP contribution in [0.5, 0.6) is 0 Å². The second-order valence-corrected chi connectivity index (χ2v) is 11.8. The minimum Gasteiger partial charge on any atom is -0.352 e. The first kappa shape index (κ1) is 31.5. The number of unbranched alkanes of at least 4 members (excludes halogenated alkanes) is 3. The molecule has 0 heterocycles. The molecule has 0 saturated heterocycles. The van der Waals surface area contributed by atoms with E-state index < -0.39 is 35.0 Å². The summed E-state index contributed by atoms with van der Waals surface area (Å²) in [4.78, 5) is 24.8. The number of hydrogen-bond acceptors (Lipinski definition) is 2. The summed E-state index contributed by atoms with van der Waals surface area (Å²) >= 11 is 0. The quantitative estimate of drug-likeness (QED) is 0.216. The summed E-state index contributed by atoms with van der Waals surface area (Å²) in [6.45, 7) is 2.49. The van der Waals surface area contributed by atoms with Gasteiger partial charge in [-0.3, -0.25) is 9.59 Å². The van der Waals surface area contributed by atoms with Crippen LogP contribution >= 0.6 is 0 Å². The molecule has 3 rings (SSSR count). The van der Waals surface area contributed by atoms with Gasteiger partial charge in [0.1, 0.15) is 5.78 Å². The lowest BCUT2D eigenvalue weighted by molar-refractivity contribution is -0.143. The van der Waals surface area contributed by atoms with E-state index in [4.69, 9.17) is 0 Å². The van der Waals surface area contributed by atoms with Crippen LogP contribution in [0, 0.1) is 23.7 Å². The molecule has 1 amide bonds. The normalized spacial score (nSPS) is 24.4. The van der Waals surface area contributed by atoms with E-state index >= 15 is 0 Å². The van der Waals surface area contributed by atoms with Gasteiger partial charge in [-0.15, -0.1) is 0 Å². The number of Topliss-reactive ketones (excluding diaryl/α,β-unsaturated/α-hetero) is 1. The molecule has 2 fully saturated rings. The summed E-state index contributed by atoms with van der Waals surface area (Å²) in [6, 6.07) is 0.955. The maximum Gasteiger partial charge on any atom is 0.416 e. The van der Waals surface area contributed by atoms with Crippen LogP contribution in [-0.2, 0) is 17.1 Å². The SMILES string of the molecule is C[C@H]1CC[C@H](C(=O)CCCCCCC2CCC(CNC(=O)c3cc(C(F)(F)F)cc(C(F)(F)F)c3)CC2)CC1. The Balaban J connectivity index is 1.32. The Bertz CT molecular complexity index is 910. The molecule has 9 heteroatoms. The number of alkyl halides is 6. The first-order chi connectivity index (χ1) is 18.3. The van der Waals surface area contributed by atoms with Crippen molar-refractivity contribution in [2.45, 2.75) is 109 Å². The van der Waals surface area contributed by atoms with E-state index in [0.29, 0.717) is 30.3 Å². The molecule has 1 N–H and O–H groups in total. The number of carbonyl (C=O) groups excluding carboxylic acids is 2. The van der Waals surface area contributed by atoms with E-state index in [9.17, 15) is 35.9 Å². The van der Waals surface area contributed by atoms with Crippen LogP contribution in [-0.4, -0.2) is 18.2 Å². The molecule has 2 saturated carbocycles. The van der Waals surface area contributed by atoms with E-state index in [1.807, 2.05) is 0 Å². The van der Waals surface area contributed by atoms with Gasteiger partial charge in [-0.1, -0.05) is 58.3 Å². The second-order valence-electron chi connectivity index (χ2n) is 11.8. The van der Waals surface area contributed by atoms with Gasteiger partial charge >= 0.3 is 12.4 Å². The highest BCUT2D eigenvalue weighted by Crippen LogP contribution is 2.37. The molecule has 0 aromatic heterocycles. The summed E-state index contributed by atoms with van der Waals surface area (Å²) in [6.07, 6.45) is 4.31. The number of nitrogens with one attached hydrogen (secondary N) is 1. The lowest BCUT2D eigenvalue weighted by atomic mass is 9.79. The van der Waals surface area contributed by atoms with Gasteiger partial charge in [-0.05, 0) is 68.1 Å². The monoisotopic (exact) mass is 561 g/mol. The molecule has 39 heavy (non-hydrogen) atoms. The minimum absolute atomic E-state index is 0.0233. The summed E-state index contributed by atoms with van der Waals surface area (Å²) < 4.78 is 78.4. The molecule has 220 valence electrons. The van der Waals surface area contributed by atoms with Gasteiger partial charge < -0.3 is 5.32 Å². The van der Waals surface area contributed by atoms with Gasteiger partial charge in [0.05, 0.1) is 11.1 Å². The Morgan fingerprint density at radius 2 is 1.28 bits per heavy atom. The summed E-state index contributed by atoms with van der Waals surface area (Å²) in [7, 11) is 0. The largest absolute Gasteiger partial charge is 0.416 e. The fourth-order valence-electron chi connectivity index (χ4n) is 6.02. The maximum absolute atomic E-state index is 13.1. The standard InChI is InChI=1S/C30H41F6NO2/c1-20-8-14-23(15-9-20)27(38)7-5-3-2-4-6-21-10-12-22(13-11-21)19-37-28(39)24-16-25(29(31,32)33)18-26(17-24)30(34,35)36/h16-18,20-23H,2-15,19H2,1H3,(H,37,39)/t20-,21?,22?,23-. The third-order valence-corrected chi connectivity index (χ3v) is 8.62. The van der Waals surface area contributed by atoms with E-state index in [1.54, 1.807) is 0 Å². The van der Waals surface area contributed by atoms with Gasteiger partial charge in [-0.25, -0.2) is 0 Å². The Morgan fingerprint density at radius 1 is 0.744 bits per heavy atom. The Morgan fingerprint density at radius 3 is 1.85 bits per heavy atom. The molecule has 2 aliphatic carbocycles. The van der Waals surface area contributed by atoms with Crippen molar-refractivity contribution in [3.63, 3.8) is 0 Å². The number of rotatable bonds is 11. The third-order valence-electron chi connectivity index (χ3n) is 8.62. The molecular formula is C30H41F6NO2. The summed E-state index contributed by atoms with van der Waals surface area (Å²) in [5.74, 6) is 1.31. The average Bonchev–Trinajstić information content (AvgIpc) is 2.89. The molecule has 3 nitrogen and oxygen atoms in total. The third kappa shape index (κ3) is 10.1. The van der Waals surface area contributed by atoms with Crippen molar-refractivity contribution in [3.8, 4) is 0 Å². The van der Waals surface area contributed by atoms with E-state index in [1.165, 1.54) is 12.8 Å². The highest BCUT2D eigenvalue weighted by molar-refractivity contribution is 5.94. The van der Waals surface area contributed by atoms with Gasteiger partial charge in [0.25, 0.3) is 5.91 Å². The number of ketones is 1. The first-order valence-electron chi connectivity index (χ1n) is 14.4. The topological polar surface area (TPSA) is 46.2 Å². The van der Waals surface area contributed by atoms with Gasteiger partial charge in [0.15, 0.2) is 0 Å². The average molecular weight is 562 g/mol. The second kappa shape index (κ2) is 14.0. The van der Waals surface area contributed by atoms with Crippen molar-refractivity contribution < 1.29 is 35.9 Å². The van der Waals surface area contributed by atoms with Crippen molar-refractivity contribution >= 4 is 11.7 Å². The molecule has 2 aliphatic rings. The zero-order chi connectivity index (χ0) is 28.6. The van der Waals surface area contributed by atoms with E-state index in [2.05, 4.69) is 12.2 Å². The van der Waals surface area contributed by atoms with E-state index in [0.717, 1.165) is 76.5 Å². The van der Waals surface area contributed by atoms with Gasteiger partial charge in [-0.2, -0.15) is 26.3 Å². The highest BCUT2D eigenvalue weighted by atomic mass is 19.4. The lowest BCUT2D eigenvalue weighted by Gasteiger charge is -2.28. The van der Waals surface area contributed by atoms with Crippen molar-refractivity contribution in [3.05, 3.63) is 34.9 Å². The highest BCUT2D eigenvalue weighted by Gasteiger charge is 2.37. The molecule has 0 aliphatic heterocycles. The summed E-state index contributed by atoms with van der Waals surface area (Å²) in [5, 5.41) is 2.54. The van der Waals surface area contributed by atoms with Gasteiger partial charge in [0.2, 0.25) is 0 Å². The number of hydrogen-bond donors (Lipinski definition) is 1. The zero-order valence-corrected chi connectivity index (χ0v) is 22.7. The molecule has 0 bridgehead atoms. The van der Waals surface area contributed by atoms with Crippen LogP contribution in [0.1, 0.15) is 118 Å². The Kier molecular flexibility index (Phi) is 11.3. The fourth-order valence-corrected chi connectivity index (χ4v) is 6.02. The molecule has 0 unspecified atom stereocenters. The molecule has 0 spiro atoms. The predicted octanol–water partition coefficient (Wildman–Crippen LogP) is 9.00. The maximum atomic E-state index is 13.1. The molecule has 1 aromatic rings. The summed E-state index contributed by atoms with van der Waals surface area (Å²) in [5.41, 5.74) is -3.62. The predicted molar refractivity (Wildman–Crippen MR) is 138 cm³/mol.